The topological polar surface area (TPSA) is 49.3 Å². The van der Waals surface area contributed by atoms with Crippen LogP contribution in [0, 0.1) is 0 Å². The first kappa shape index (κ1) is 6.29. The van der Waals surface area contributed by atoms with Crippen molar-refractivity contribution in [1.29, 1.82) is 0 Å². The molecule has 9 heavy (non-hydrogen) atoms. The molecule has 0 radical (unpaired) electrons. The molecule has 1 unspecified atom stereocenters. The molecule has 1 heterocycles. The first-order valence-corrected chi connectivity index (χ1v) is 2.82. The smallest absolute Gasteiger partial charge is 0.222 e. The van der Waals surface area contributed by atoms with Gasteiger partial charge in [-0.1, -0.05) is 6.58 Å². The van der Waals surface area contributed by atoms with Gasteiger partial charge in [-0.05, 0) is 5.57 Å². The maximum Gasteiger partial charge on any atom is 0.222 e. The van der Waals surface area contributed by atoms with Crippen molar-refractivity contribution < 1.29 is 9.90 Å². The highest BCUT2D eigenvalue weighted by atomic mass is 16.3. The van der Waals surface area contributed by atoms with E-state index in [2.05, 4.69) is 11.9 Å². The zero-order valence-electron chi connectivity index (χ0n) is 5.05. The first-order valence-electron chi connectivity index (χ1n) is 2.82. The lowest BCUT2D eigenvalue weighted by Crippen LogP contribution is -2.49. The van der Waals surface area contributed by atoms with Crippen molar-refractivity contribution in [3.05, 3.63) is 12.2 Å². The number of carbonyl (C=O) groups is 1. The van der Waals surface area contributed by atoms with Gasteiger partial charge in [-0.25, -0.2) is 0 Å². The van der Waals surface area contributed by atoms with Gasteiger partial charge >= 0.3 is 0 Å². The van der Waals surface area contributed by atoms with E-state index in [0.29, 0.717) is 12.0 Å². The number of carbonyl (C=O) groups excluding carboxylic acids is 1. The number of aliphatic hydroxyl groups excluding tert-OH is 1. The van der Waals surface area contributed by atoms with Gasteiger partial charge in [-0.3, -0.25) is 4.79 Å². The average Bonchev–Trinajstić information content (AvgIpc) is 1.79. The molecule has 0 aliphatic carbocycles. The monoisotopic (exact) mass is 127 g/mol. The van der Waals surface area contributed by atoms with Crippen LogP contribution in [-0.4, -0.2) is 23.7 Å². The predicted octanol–water partition coefficient (Wildman–Crippen LogP) is -0.577. The summed E-state index contributed by atoms with van der Waals surface area (Å²) in [5.74, 6) is 0.0367. The fourth-order valence-electron chi connectivity index (χ4n) is 0.715. The number of hydrogen-bond donors (Lipinski definition) is 2. The van der Waals surface area contributed by atoms with E-state index in [0.717, 1.165) is 0 Å². The Labute approximate surface area is 53.4 Å². The SMILES string of the molecule is C=C(CO)C1CC(=O)N1. The van der Waals surface area contributed by atoms with Crippen molar-refractivity contribution in [2.45, 2.75) is 12.5 Å². The maximum absolute atomic E-state index is 10.3. The van der Waals surface area contributed by atoms with E-state index in [9.17, 15) is 4.79 Å². The van der Waals surface area contributed by atoms with Crippen LogP contribution in [0.3, 0.4) is 0 Å². The molecule has 1 fully saturated rings. The molecule has 0 aromatic heterocycles. The van der Waals surface area contributed by atoms with Crippen molar-refractivity contribution in [3.63, 3.8) is 0 Å². The number of nitrogens with one attached hydrogen (secondary N) is 1. The molecule has 0 aromatic carbocycles. The second-order valence-corrected chi connectivity index (χ2v) is 2.14. The van der Waals surface area contributed by atoms with Crippen LogP contribution in [0.2, 0.25) is 0 Å². The quantitative estimate of drug-likeness (QED) is 0.385. The molecule has 1 atom stereocenters. The Morgan fingerprint density at radius 1 is 2.00 bits per heavy atom. The largest absolute Gasteiger partial charge is 0.392 e. The van der Waals surface area contributed by atoms with Gasteiger partial charge in [-0.15, -0.1) is 0 Å². The Bertz CT molecular complexity index is 145. The van der Waals surface area contributed by atoms with E-state index < -0.39 is 0 Å². The van der Waals surface area contributed by atoms with Crippen LogP contribution < -0.4 is 5.32 Å². The van der Waals surface area contributed by atoms with Crippen LogP contribution in [0.1, 0.15) is 6.42 Å². The predicted molar refractivity (Wildman–Crippen MR) is 32.8 cm³/mol. The zero-order valence-corrected chi connectivity index (χ0v) is 5.05. The zero-order chi connectivity index (χ0) is 6.85. The third-order valence-electron chi connectivity index (χ3n) is 1.42. The first-order chi connectivity index (χ1) is 4.24. The van der Waals surface area contributed by atoms with Crippen molar-refractivity contribution >= 4 is 5.91 Å². The molecular formula is C6H9NO2. The average molecular weight is 127 g/mol. The fourth-order valence-corrected chi connectivity index (χ4v) is 0.715. The lowest BCUT2D eigenvalue weighted by Gasteiger charge is -2.27. The summed E-state index contributed by atoms with van der Waals surface area (Å²) < 4.78 is 0. The Morgan fingerprint density at radius 3 is 2.89 bits per heavy atom. The molecular weight excluding hydrogens is 118 g/mol. The van der Waals surface area contributed by atoms with E-state index >= 15 is 0 Å². The van der Waals surface area contributed by atoms with Crippen molar-refractivity contribution in [2.24, 2.45) is 0 Å². The van der Waals surface area contributed by atoms with Crippen molar-refractivity contribution in [1.82, 2.24) is 5.32 Å². The normalized spacial score (nSPS) is 24.6. The van der Waals surface area contributed by atoms with Gasteiger partial charge in [0.15, 0.2) is 0 Å². The van der Waals surface area contributed by atoms with Gasteiger partial charge in [0, 0.05) is 0 Å². The molecule has 0 bridgehead atoms. The summed E-state index contributed by atoms with van der Waals surface area (Å²) in [5, 5.41) is 11.1. The van der Waals surface area contributed by atoms with Crippen LogP contribution in [0.5, 0.6) is 0 Å². The van der Waals surface area contributed by atoms with Crippen LogP contribution >= 0.6 is 0 Å². The third-order valence-corrected chi connectivity index (χ3v) is 1.42. The van der Waals surface area contributed by atoms with Gasteiger partial charge < -0.3 is 10.4 Å². The van der Waals surface area contributed by atoms with Gasteiger partial charge in [0.05, 0.1) is 19.1 Å². The number of β-lactam (4-membered cyclic amide) rings is 1. The van der Waals surface area contributed by atoms with Crippen LogP contribution in [0.25, 0.3) is 0 Å². The van der Waals surface area contributed by atoms with Crippen LogP contribution in [-0.2, 0) is 4.79 Å². The van der Waals surface area contributed by atoms with Crippen LogP contribution in [0.15, 0.2) is 12.2 Å². The molecule has 3 nitrogen and oxygen atoms in total. The number of hydrogen-bond acceptors (Lipinski definition) is 2. The Hall–Kier alpha value is -0.830. The summed E-state index contributed by atoms with van der Waals surface area (Å²) in [7, 11) is 0. The van der Waals surface area contributed by atoms with E-state index in [-0.39, 0.29) is 18.6 Å². The molecule has 1 aliphatic rings. The Morgan fingerprint density at radius 2 is 2.56 bits per heavy atom. The molecule has 1 amide bonds. The fraction of sp³-hybridized carbons (Fsp3) is 0.500. The van der Waals surface area contributed by atoms with E-state index in [1.165, 1.54) is 0 Å². The highest BCUT2D eigenvalue weighted by Crippen LogP contribution is 2.11. The number of amides is 1. The standard InChI is InChI=1S/C6H9NO2/c1-4(3-8)5-2-6(9)7-5/h5,8H,1-3H2,(H,7,9). The summed E-state index contributed by atoms with van der Waals surface area (Å²) in [6.45, 7) is 3.53. The van der Waals surface area contributed by atoms with Gasteiger partial charge in [0.1, 0.15) is 0 Å². The van der Waals surface area contributed by atoms with Crippen LogP contribution in [0.4, 0.5) is 0 Å². The number of aliphatic hydroxyl groups is 1. The van der Waals surface area contributed by atoms with E-state index in [1.807, 2.05) is 0 Å². The van der Waals surface area contributed by atoms with E-state index in [1.54, 1.807) is 0 Å². The third kappa shape index (κ3) is 1.10. The minimum absolute atomic E-state index is 0.0301. The molecule has 50 valence electrons. The summed E-state index contributed by atoms with van der Waals surface area (Å²) in [6.07, 6.45) is 0.486. The van der Waals surface area contributed by atoms with Crippen molar-refractivity contribution in [2.75, 3.05) is 6.61 Å². The summed E-state index contributed by atoms with van der Waals surface area (Å²) >= 11 is 0. The molecule has 0 saturated carbocycles. The van der Waals surface area contributed by atoms with Gasteiger partial charge in [0.2, 0.25) is 5.91 Å². The lowest BCUT2D eigenvalue weighted by molar-refractivity contribution is -0.127. The molecule has 0 aromatic rings. The number of rotatable bonds is 2. The minimum atomic E-state index is -0.0368. The molecule has 0 spiro atoms. The Kier molecular flexibility index (Phi) is 1.53. The minimum Gasteiger partial charge on any atom is -0.392 e. The summed E-state index contributed by atoms with van der Waals surface area (Å²) in [4.78, 5) is 10.3. The molecule has 1 aliphatic heterocycles. The lowest BCUT2D eigenvalue weighted by atomic mass is 9.99. The van der Waals surface area contributed by atoms with Gasteiger partial charge in [0.25, 0.3) is 0 Å². The molecule has 2 N–H and O–H groups in total. The Balaban J connectivity index is 2.31. The van der Waals surface area contributed by atoms with E-state index in [4.69, 9.17) is 5.11 Å². The molecule has 1 rings (SSSR count). The molecule has 3 heteroatoms. The highest BCUT2D eigenvalue weighted by molar-refractivity contribution is 5.84. The second kappa shape index (κ2) is 2.19. The maximum atomic E-state index is 10.3. The molecule has 1 saturated heterocycles. The second-order valence-electron chi connectivity index (χ2n) is 2.14. The van der Waals surface area contributed by atoms with Crippen molar-refractivity contribution in [3.8, 4) is 0 Å². The highest BCUT2D eigenvalue weighted by Gasteiger charge is 2.26. The summed E-state index contributed by atoms with van der Waals surface area (Å²) in [6, 6.07) is 0.0301. The summed E-state index contributed by atoms with van der Waals surface area (Å²) in [5.41, 5.74) is 0.689. The van der Waals surface area contributed by atoms with Gasteiger partial charge in [-0.2, -0.15) is 0 Å².